The summed E-state index contributed by atoms with van der Waals surface area (Å²) < 4.78 is 34.0. The number of halogens is 1. The first-order chi connectivity index (χ1) is 17.2. The first kappa shape index (κ1) is 26.3. The van der Waals surface area contributed by atoms with E-state index in [0.717, 1.165) is 30.6 Å². The van der Waals surface area contributed by atoms with Crippen LogP contribution in [0.2, 0.25) is 5.02 Å². The molecule has 1 atom stereocenters. The fourth-order valence-electron chi connectivity index (χ4n) is 4.91. The van der Waals surface area contributed by atoms with Gasteiger partial charge in [0.1, 0.15) is 6.04 Å². The van der Waals surface area contributed by atoms with Crippen LogP contribution in [0, 0.1) is 0 Å². The quantitative estimate of drug-likeness (QED) is 0.294. The number of hydrogen-bond donors (Lipinski definition) is 0. The van der Waals surface area contributed by atoms with E-state index in [-0.39, 0.29) is 29.7 Å². The summed E-state index contributed by atoms with van der Waals surface area (Å²) in [6.07, 6.45) is 4.71. The zero-order chi connectivity index (χ0) is 25.9. The van der Waals surface area contributed by atoms with Gasteiger partial charge in [-0.2, -0.15) is 4.31 Å². The van der Waals surface area contributed by atoms with Gasteiger partial charge < -0.3 is 4.74 Å². The number of hydrogen-bond acceptors (Lipinski definition) is 6. The molecule has 2 fully saturated rings. The lowest BCUT2D eigenvalue weighted by Gasteiger charge is -2.33. The number of rotatable bonds is 7. The first-order valence-electron chi connectivity index (χ1n) is 12.2. The Morgan fingerprint density at radius 2 is 1.61 bits per heavy atom. The molecule has 192 valence electrons. The number of esters is 1. The van der Waals surface area contributed by atoms with Gasteiger partial charge in [-0.05, 0) is 68.3 Å². The standard InChI is InChI=1S/C26H29ClN2O6S/c1-2-35-26(32)18-9-13-20(14-10-18)28-24(30)17-23(25(28)31)29(21-7-5-3-4-6-8-21)36(33,34)22-15-11-19(27)12-16-22/h9-16,21,23H,2-8,17H2,1H3. The molecular formula is C26H29ClN2O6S. The molecule has 1 unspecified atom stereocenters. The van der Waals surface area contributed by atoms with E-state index in [2.05, 4.69) is 0 Å². The molecule has 10 heteroatoms. The molecule has 0 bridgehead atoms. The topological polar surface area (TPSA) is 101 Å². The fourth-order valence-corrected chi connectivity index (χ4v) is 6.86. The van der Waals surface area contributed by atoms with Crippen molar-refractivity contribution in [2.45, 2.75) is 68.8 Å². The molecule has 2 aromatic carbocycles. The second kappa shape index (κ2) is 11.1. The van der Waals surface area contributed by atoms with Gasteiger partial charge in [0.25, 0.3) is 5.91 Å². The van der Waals surface area contributed by atoms with Crippen LogP contribution in [0.5, 0.6) is 0 Å². The molecule has 2 aromatic rings. The van der Waals surface area contributed by atoms with Crippen LogP contribution in [-0.2, 0) is 24.3 Å². The molecule has 1 aliphatic heterocycles. The maximum atomic E-state index is 13.9. The molecule has 1 heterocycles. The van der Waals surface area contributed by atoms with E-state index in [1.807, 2.05) is 0 Å². The van der Waals surface area contributed by atoms with Crippen molar-refractivity contribution in [3.8, 4) is 0 Å². The van der Waals surface area contributed by atoms with Gasteiger partial charge >= 0.3 is 5.97 Å². The van der Waals surface area contributed by atoms with Crippen LogP contribution in [-0.4, -0.2) is 49.2 Å². The molecule has 1 saturated carbocycles. The predicted molar refractivity (Wildman–Crippen MR) is 135 cm³/mol. The van der Waals surface area contributed by atoms with Crippen LogP contribution in [0.3, 0.4) is 0 Å². The Kier molecular flexibility index (Phi) is 8.12. The number of ether oxygens (including phenoxy) is 1. The molecule has 1 aliphatic carbocycles. The Hall–Kier alpha value is -2.75. The average molecular weight is 533 g/mol. The molecule has 4 rings (SSSR count). The number of nitrogens with zero attached hydrogens (tertiary/aromatic N) is 2. The molecule has 0 aromatic heterocycles. The van der Waals surface area contributed by atoms with Crippen LogP contribution in [0.15, 0.2) is 53.4 Å². The fraction of sp³-hybridized carbons (Fsp3) is 0.423. The van der Waals surface area contributed by atoms with Crippen molar-refractivity contribution in [2.24, 2.45) is 0 Å². The number of anilines is 1. The Balaban J connectivity index is 1.68. The zero-order valence-electron chi connectivity index (χ0n) is 20.1. The minimum atomic E-state index is -4.09. The van der Waals surface area contributed by atoms with E-state index in [0.29, 0.717) is 23.4 Å². The SMILES string of the molecule is CCOC(=O)c1ccc(N2C(=O)CC(N(C3CCCCCC3)S(=O)(=O)c3ccc(Cl)cc3)C2=O)cc1. The predicted octanol–water partition coefficient (Wildman–Crippen LogP) is 4.56. The van der Waals surface area contributed by atoms with Gasteiger partial charge in [0.2, 0.25) is 15.9 Å². The van der Waals surface area contributed by atoms with Gasteiger partial charge in [0.15, 0.2) is 0 Å². The Labute approximate surface area is 216 Å². The maximum Gasteiger partial charge on any atom is 0.338 e. The Morgan fingerprint density at radius 3 is 2.19 bits per heavy atom. The minimum Gasteiger partial charge on any atom is -0.462 e. The first-order valence-corrected chi connectivity index (χ1v) is 14.0. The van der Waals surface area contributed by atoms with Crippen LogP contribution < -0.4 is 4.90 Å². The number of sulfonamides is 1. The van der Waals surface area contributed by atoms with Gasteiger partial charge in [-0.1, -0.05) is 37.3 Å². The molecule has 0 spiro atoms. The highest BCUT2D eigenvalue weighted by Crippen LogP contribution is 2.35. The molecule has 1 saturated heterocycles. The lowest BCUT2D eigenvalue weighted by Crippen LogP contribution is -2.50. The van der Waals surface area contributed by atoms with Crippen molar-refractivity contribution in [2.75, 3.05) is 11.5 Å². The monoisotopic (exact) mass is 532 g/mol. The molecule has 2 amide bonds. The lowest BCUT2D eigenvalue weighted by molar-refractivity contribution is -0.122. The van der Waals surface area contributed by atoms with E-state index in [1.54, 1.807) is 6.92 Å². The summed E-state index contributed by atoms with van der Waals surface area (Å²) in [5.41, 5.74) is 0.576. The van der Waals surface area contributed by atoms with Gasteiger partial charge in [0, 0.05) is 11.1 Å². The van der Waals surface area contributed by atoms with Crippen molar-refractivity contribution >= 4 is 45.1 Å². The zero-order valence-corrected chi connectivity index (χ0v) is 21.6. The molecule has 2 aliphatic rings. The number of carbonyl (C=O) groups excluding carboxylic acids is 3. The largest absolute Gasteiger partial charge is 0.462 e. The number of carbonyl (C=O) groups is 3. The highest BCUT2D eigenvalue weighted by molar-refractivity contribution is 7.89. The van der Waals surface area contributed by atoms with Gasteiger partial charge in [0.05, 0.1) is 29.2 Å². The minimum absolute atomic E-state index is 0.0358. The lowest BCUT2D eigenvalue weighted by atomic mass is 10.1. The van der Waals surface area contributed by atoms with Crippen LogP contribution in [0.25, 0.3) is 0 Å². The molecule has 0 radical (unpaired) electrons. The average Bonchev–Trinajstić information content (AvgIpc) is 3.01. The normalized spacial score (nSPS) is 19.5. The maximum absolute atomic E-state index is 13.9. The number of benzene rings is 2. The summed E-state index contributed by atoms with van der Waals surface area (Å²) in [6, 6.07) is 10.3. The van der Waals surface area contributed by atoms with Crippen molar-refractivity contribution in [1.82, 2.24) is 4.31 Å². The third-order valence-corrected chi connectivity index (χ3v) is 8.87. The summed E-state index contributed by atoms with van der Waals surface area (Å²) in [6.45, 7) is 1.93. The summed E-state index contributed by atoms with van der Waals surface area (Å²) in [7, 11) is -4.09. The van der Waals surface area contributed by atoms with Crippen LogP contribution in [0.1, 0.15) is 62.2 Å². The van der Waals surface area contributed by atoms with Crippen molar-refractivity contribution < 1.29 is 27.5 Å². The van der Waals surface area contributed by atoms with Crippen molar-refractivity contribution in [1.29, 1.82) is 0 Å². The summed E-state index contributed by atoms with van der Waals surface area (Å²) in [4.78, 5) is 39.7. The molecule has 8 nitrogen and oxygen atoms in total. The van der Waals surface area contributed by atoms with E-state index in [9.17, 15) is 22.8 Å². The van der Waals surface area contributed by atoms with Crippen LogP contribution >= 0.6 is 11.6 Å². The Bertz CT molecular complexity index is 1220. The van der Waals surface area contributed by atoms with Gasteiger partial charge in [-0.3, -0.25) is 9.59 Å². The van der Waals surface area contributed by atoms with Crippen LogP contribution in [0.4, 0.5) is 5.69 Å². The van der Waals surface area contributed by atoms with Crippen molar-refractivity contribution in [3.05, 3.63) is 59.1 Å². The van der Waals surface area contributed by atoms with Crippen molar-refractivity contribution in [3.63, 3.8) is 0 Å². The van der Waals surface area contributed by atoms with E-state index < -0.39 is 33.8 Å². The highest BCUT2D eigenvalue weighted by atomic mass is 35.5. The second-order valence-corrected chi connectivity index (χ2v) is 11.3. The van der Waals surface area contributed by atoms with E-state index in [1.165, 1.54) is 52.8 Å². The summed E-state index contributed by atoms with van der Waals surface area (Å²) in [5, 5.41) is 0.402. The number of amides is 2. The van der Waals surface area contributed by atoms with E-state index >= 15 is 0 Å². The third kappa shape index (κ3) is 5.33. The van der Waals surface area contributed by atoms with Gasteiger partial charge in [-0.15, -0.1) is 0 Å². The molecular weight excluding hydrogens is 504 g/mol. The molecule has 36 heavy (non-hydrogen) atoms. The summed E-state index contributed by atoms with van der Waals surface area (Å²) >= 11 is 5.97. The summed E-state index contributed by atoms with van der Waals surface area (Å²) in [5.74, 6) is -1.58. The highest BCUT2D eigenvalue weighted by Gasteiger charge is 2.49. The second-order valence-electron chi connectivity index (χ2n) is 8.99. The Morgan fingerprint density at radius 1 is 1.00 bits per heavy atom. The smallest absolute Gasteiger partial charge is 0.338 e. The third-order valence-electron chi connectivity index (χ3n) is 6.64. The molecule has 0 N–H and O–H groups in total. The van der Waals surface area contributed by atoms with E-state index in [4.69, 9.17) is 16.3 Å². The number of imide groups is 1. The van der Waals surface area contributed by atoms with Gasteiger partial charge in [-0.25, -0.2) is 18.1 Å².